The van der Waals surface area contributed by atoms with Crippen LogP contribution < -0.4 is 16.8 Å². The molecule has 4 heteroatoms. The standard InChI is InChI=1S/C17H19N3O/c18-11-14-4-7-16(8-5-14)20-17(21)9-6-13-2-1-3-15(10-13)12-19/h1-10H,11-12,18-19H2,(H,20,21). The largest absolute Gasteiger partial charge is 0.326 e. The number of nitrogens with two attached hydrogens (primary N) is 2. The Balaban J connectivity index is 1.98. The quantitative estimate of drug-likeness (QED) is 0.735. The van der Waals surface area contributed by atoms with Gasteiger partial charge in [0, 0.05) is 24.9 Å². The third kappa shape index (κ3) is 4.56. The molecule has 0 saturated carbocycles. The summed E-state index contributed by atoms with van der Waals surface area (Å²) in [4.78, 5) is 11.8. The van der Waals surface area contributed by atoms with Crippen molar-refractivity contribution in [1.82, 2.24) is 0 Å². The van der Waals surface area contributed by atoms with E-state index in [1.54, 1.807) is 6.08 Å². The molecule has 0 spiro atoms. The highest BCUT2D eigenvalue weighted by molar-refractivity contribution is 6.01. The second-order valence-electron chi connectivity index (χ2n) is 4.67. The summed E-state index contributed by atoms with van der Waals surface area (Å²) in [6.45, 7) is 0.979. The fourth-order valence-corrected chi connectivity index (χ4v) is 1.90. The maximum absolute atomic E-state index is 11.8. The predicted molar refractivity (Wildman–Crippen MR) is 86.3 cm³/mol. The van der Waals surface area contributed by atoms with Crippen LogP contribution in [0.5, 0.6) is 0 Å². The minimum Gasteiger partial charge on any atom is -0.326 e. The molecule has 0 fully saturated rings. The molecule has 0 radical (unpaired) electrons. The van der Waals surface area contributed by atoms with E-state index in [4.69, 9.17) is 11.5 Å². The molecule has 0 saturated heterocycles. The molecule has 2 aromatic carbocycles. The third-order valence-electron chi connectivity index (χ3n) is 3.07. The van der Waals surface area contributed by atoms with E-state index in [1.807, 2.05) is 48.5 Å². The topological polar surface area (TPSA) is 81.1 Å². The zero-order valence-electron chi connectivity index (χ0n) is 11.8. The molecule has 0 bridgehead atoms. The van der Waals surface area contributed by atoms with Crippen molar-refractivity contribution in [2.24, 2.45) is 11.5 Å². The van der Waals surface area contributed by atoms with Gasteiger partial charge in [-0.15, -0.1) is 0 Å². The maximum atomic E-state index is 11.8. The Hall–Kier alpha value is -2.43. The highest BCUT2D eigenvalue weighted by Crippen LogP contribution is 2.10. The summed E-state index contributed by atoms with van der Waals surface area (Å²) in [5, 5.41) is 2.80. The van der Waals surface area contributed by atoms with Gasteiger partial charge in [-0.1, -0.05) is 36.4 Å². The highest BCUT2D eigenvalue weighted by Gasteiger charge is 1.98. The van der Waals surface area contributed by atoms with Gasteiger partial charge >= 0.3 is 0 Å². The van der Waals surface area contributed by atoms with Gasteiger partial charge in [-0.2, -0.15) is 0 Å². The summed E-state index contributed by atoms with van der Waals surface area (Å²) in [5.41, 5.74) is 14.9. The second-order valence-corrected chi connectivity index (χ2v) is 4.67. The van der Waals surface area contributed by atoms with Crippen molar-refractivity contribution in [3.8, 4) is 0 Å². The van der Waals surface area contributed by atoms with E-state index in [0.29, 0.717) is 13.1 Å². The van der Waals surface area contributed by atoms with E-state index < -0.39 is 0 Å². The smallest absolute Gasteiger partial charge is 0.248 e. The molecule has 5 N–H and O–H groups in total. The number of hydrogen-bond donors (Lipinski definition) is 3. The zero-order valence-corrected chi connectivity index (χ0v) is 11.8. The fraction of sp³-hybridized carbons (Fsp3) is 0.118. The van der Waals surface area contributed by atoms with Crippen molar-refractivity contribution in [2.45, 2.75) is 13.1 Å². The number of carbonyl (C=O) groups excluding carboxylic acids is 1. The molecule has 0 aliphatic rings. The number of anilines is 1. The van der Waals surface area contributed by atoms with Gasteiger partial charge in [0.15, 0.2) is 0 Å². The number of benzene rings is 2. The van der Waals surface area contributed by atoms with E-state index in [2.05, 4.69) is 5.32 Å². The number of rotatable bonds is 5. The van der Waals surface area contributed by atoms with E-state index >= 15 is 0 Å². The van der Waals surface area contributed by atoms with Crippen molar-refractivity contribution in [2.75, 3.05) is 5.32 Å². The molecule has 0 aliphatic carbocycles. The first-order valence-corrected chi connectivity index (χ1v) is 6.78. The first-order chi connectivity index (χ1) is 10.2. The summed E-state index contributed by atoms with van der Waals surface area (Å²) in [6.07, 6.45) is 3.27. The minimum absolute atomic E-state index is 0.173. The van der Waals surface area contributed by atoms with E-state index in [-0.39, 0.29) is 5.91 Å². The van der Waals surface area contributed by atoms with Crippen molar-refractivity contribution in [1.29, 1.82) is 0 Å². The molecular weight excluding hydrogens is 262 g/mol. The molecule has 0 aliphatic heterocycles. The lowest BCUT2D eigenvalue weighted by atomic mass is 10.1. The van der Waals surface area contributed by atoms with E-state index in [0.717, 1.165) is 22.4 Å². The Bertz CT molecular complexity index is 633. The zero-order chi connectivity index (χ0) is 15.1. The van der Waals surface area contributed by atoms with E-state index in [9.17, 15) is 4.79 Å². The molecule has 108 valence electrons. The summed E-state index contributed by atoms with van der Waals surface area (Å²) in [5.74, 6) is -0.173. The first-order valence-electron chi connectivity index (χ1n) is 6.78. The van der Waals surface area contributed by atoms with Gasteiger partial charge in [0.25, 0.3) is 0 Å². The number of amides is 1. The Morgan fingerprint density at radius 3 is 2.38 bits per heavy atom. The van der Waals surface area contributed by atoms with Crippen molar-refractivity contribution in [3.63, 3.8) is 0 Å². The SMILES string of the molecule is NCc1ccc(NC(=O)C=Cc2cccc(CN)c2)cc1. The lowest BCUT2D eigenvalue weighted by Gasteiger charge is -2.03. The maximum Gasteiger partial charge on any atom is 0.248 e. The molecule has 2 rings (SSSR count). The van der Waals surface area contributed by atoms with Crippen LogP contribution in [0.2, 0.25) is 0 Å². The lowest BCUT2D eigenvalue weighted by molar-refractivity contribution is -0.111. The number of hydrogen-bond acceptors (Lipinski definition) is 3. The molecule has 1 amide bonds. The summed E-state index contributed by atoms with van der Waals surface area (Å²) >= 11 is 0. The Kier molecular flexibility index (Phi) is 5.26. The van der Waals surface area contributed by atoms with Crippen LogP contribution in [0.15, 0.2) is 54.6 Å². The molecule has 0 atom stereocenters. The molecule has 0 aromatic heterocycles. The molecular formula is C17H19N3O. The Morgan fingerprint density at radius 2 is 1.71 bits per heavy atom. The van der Waals surface area contributed by atoms with Gasteiger partial charge in [-0.25, -0.2) is 0 Å². The van der Waals surface area contributed by atoms with Gasteiger partial charge in [0.2, 0.25) is 5.91 Å². The molecule has 0 heterocycles. The van der Waals surface area contributed by atoms with Crippen LogP contribution in [0.25, 0.3) is 6.08 Å². The van der Waals surface area contributed by atoms with Crippen molar-refractivity contribution in [3.05, 3.63) is 71.3 Å². The molecule has 4 nitrogen and oxygen atoms in total. The van der Waals surface area contributed by atoms with Crippen LogP contribution in [0.1, 0.15) is 16.7 Å². The second kappa shape index (κ2) is 7.38. The van der Waals surface area contributed by atoms with Gasteiger partial charge in [0.1, 0.15) is 0 Å². The van der Waals surface area contributed by atoms with Crippen LogP contribution in [-0.2, 0) is 17.9 Å². The highest BCUT2D eigenvalue weighted by atomic mass is 16.1. The van der Waals surface area contributed by atoms with Gasteiger partial charge in [-0.3, -0.25) is 4.79 Å². The first kappa shape index (κ1) is 15.0. The normalized spacial score (nSPS) is 10.8. The van der Waals surface area contributed by atoms with Crippen LogP contribution in [0.3, 0.4) is 0 Å². The molecule has 2 aromatic rings. The average molecular weight is 281 g/mol. The summed E-state index contributed by atoms with van der Waals surface area (Å²) in [6, 6.07) is 15.2. The van der Waals surface area contributed by atoms with Crippen molar-refractivity contribution < 1.29 is 4.79 Å². The summed E-state index contributed by atoms with van der Waals surface area (Å²) < 4.78 is 0. The fourth-order valence-electron chi connectivity index (χ4n) is 1.90. The number of carbonyl (C=O) groups is 1. The predicted octanol–water partition coefficient (Wildman–Crippen LogP) is 2.26. The van der Waals surface area contributed by atoms with Crippen LogP contribution in [0.4, 0.5) is 5.69 Å². The van der Waals surface area contributed by atoms with E-state index in [1.165, 1.54) is 6.08 Å². The van der Waals surface area contributed by atoms with Crippen LogP contribution in [0, 0.1) is 0 Å². The summed E-state index contributed by atoms with van der Waals surface area (Å²) in [7, 11) is 0. The van der Waals surface area contributed by atoms with Gasteiger partial charge < -0.3 is 16.8 Å². The van der Waals surface area contributed by atoms with Crippen LogP contribution in [-0.4, -0.2) is 5.91 Å². The lowest BCUT2D eigenvalue weighted by Crippen LogP contribution is -2.07. The van der Waals surface area contributed by atoms with Crippen molar-refractivity contribution >= 4 is 17.7 Å². The van der Waals surface area contributed by atoms with Gasteiger partial charge in [-0.05, 0) is 34.9 Å². The number of nitrogens with one attached hydrogen (secondary N) is 1. The molecule has 21 heavy (non-hydrogen) atoms. The molecule has 0 unspecified atom stereocenters. The third-order valence-corrected chi connectivity index (χ3v) is 3.07. The van der Waals surface area contributed by atoms with Gasteiger partial charge in [0.05, 0.1) is 0 Å². The Labute approximate surface area is 124 Å². The van der Waals surface area contributed by atoms with Crippen LogP contribution >= 0.6 is 0 Å². The monoisotopic (exact) mass is 281 g/mol. The Morgan fingerprint density at radius 1 is 1.00 bits per heavy atom. The average Bonchev–Trinajstić information content (AvgIpc) is 2.54. The minimum atomic E-state index is -0.173.